The molecule has 0 aliphatic heterocycles. The summed E-state index contributed by atoms with van der Waals surface area (Å²) in [6.07, 6.45) is 4.50. The van der Waals surface area contributed by atoms with Crippen LogP contribution in [0.4, 0.5) is 5.69 Å². The number of carboxylic acid groups (broad SMARTS) is 1. The predicted molar refractivity (Wildman–Crippen MR) is 79.3 cm³/mol. The Morgan fingerprint density at radius 2 is 2.14 bits per heavy atom. The van der Waals surface area contributed by atoms with Crippen molar-refractivity contribution < 1.29 is 14.7 Å². The van der Waals surface area contributed by atoms with Crippen LogP contribution in [0.1, 0.15) is 16.1 Å². The number of nitrogens with zero attached hydrogens (tertiary/aromatic N) is 2. The van der Waals surface area contributed by atoms with Crippen LogP contribution in [0, 0.1) is 0 Å². The largest absolute Gasteiger partial charge is 0.478 e. The number of carboxylic acids is 1. The lowest BCUT2D eigenvalue weighted by atomic mass is 10.2. The number of carbonyl (C=O) groups is 2. The number of benzene rings is 1. The van der Waals surface area contributed by atoms with Crippen molar-refractivity contribution in [3.8, 4) is 0 Å². The van der Waals surface area contributed by atoms with Crippen molar-refractivity contribution in [3.05, 3.63) is 52.8 Å². The first kappa shape index (κ1) is 14.8. The van der Waals surface area contributed by atoms with Crippen LogP contribution < -0.4 is 5.32 Å². The third-order valence-corrected chi connectivity index (χ3v) is 2.97. The molecule has 2 aromatic rings. The maximum Gasteiger partial charge on any atom is 0.337 e. The van der Waals surface area contributed by atoms with Crippen molar-refractivity contribution in [1.82, 2.24) is 9.78 Å². The highest BCUT2D eigenvalue weighted by molar-refractivity contribution is 6.31. The van der Waals surface area contributed by atoms with Crippen LogP contribution in [0.3, 0.4) is 0 Å². The molecule has 0 saturated heterocycles. The summed E-state index contributed by atoms with van der Waals surface area (Å²) in [5, 5.41) is 15.8. The van der Waals surface area contributed by atoms with Crippen LogP contribution in [-0.4, -0.2) is 26.8 Å². The Bertz CT molecular complexity index is 722. The zero-order chi connectivity index (χ0) is 15.4. The fourth-order valence-electron chi connectivity index (χ4n) is 1.69. The number of halogens is 1. The van der Waals surface area contributed by atoms with Crippen molar-refractivity contribution >= 4 is 35.2 Å². The van der Waals surface area contributed by atoms with Gasteiger partial charge in [-0.25, -0.2) is 4.79 Å². The van der Waals surface area contributed by atoms with Gasteiger partial charge in [-0.3, -0.25) is 9.48 Å². The first-order valence-electron chi connectivity index (χ1n) is 5.97. The fourth-order valence-corrected chi connectivity index (χ4v) is 1.86. The molecule has 7 heteroatoms. The number of amides is 1. The molecule has 2 rings (SSSR count). The van der Waals surface area contributed by atoms with Crippen LogP contribution in [0.15, 0.2) is 36.5 Å². The second-order valence-electron chi connectivity index (χ2n) is 4.20. The number of hydrogen-bond donors (Lipinski definition) is 2. The van der Waals surface area contributed by atoms with Gasteiger partial charge in [-0.1, -0.05) is 11.6 Å². The Morgan fingerprint density at radius 1 is 1.38 bits per heavy atom. The first-order valence-corrected chi connectivity index (χ1v) is 6.35. The van der Waals surface area contributed by atoms with E-state index in [9.17, 15) is 9.59 Å². The van der Waals surface area contributed by atoms with Crippen molar-refractivity contribution in [1.29, 1.82) is 0 Å². The van der Waals surface area contributed by atoms with Crippen molar-refractivity contribution in [2.24, 2.45) is 7.05 Å². The zero-order valence-electron chi connectivity index (χ0n) is 11.1. The molecular formula is C14H12ClN3O3. The smallest absolute Gasteiger partial charge is 0.337 e. The monoisotopic (exact) mass is 305 g/mol. The van der Waals surface area contributed by atoms with Gasteiger partial charge in [0, 0.05) is 24.3 Å². The summed E-state index contributed by atoms with van der Waals surface area (Å²) in [7, 11) is 1.75. The van der Waals surface area contributed by atoms with Gasteiger partial charge in [0.25, 0.3) is 0 Å². The van der Waals surface area contributed by atoms with Gasteiger partial charge in [-0.05, 0) is 30.3 Å². The van der Waals surface area contributed by atoms with E-state index in [-0.39, 0.29) is 16.3 Å². The molecule has 0 fully saturated rings. The van der Waals surface area contributed by atoms with E-state index in [4.69, 9.17) is 16.7 Å². The molecule has 0 saturated carbocycles. The Labute approximate surface area is 125 Å². The number of aryl methyl sites for hydroxylation is 1. The summed E-state index contributed by atoms with van der Waals surface area (Å²) < 4.78 is 1.61. The molecule has 1 aromatic heterocycles. The second kappa shape index (κ2) is 6.23. The Kier molecular flexibility index (Phi) is 4.39. The maximum absolute atomic E-state index is 11.8. The average molecular weight is 306 g/mol. The zero-order valence-corrected chi connectivity index (χ0v) is 11.8. The number of carbonyl (C=O) groups excluding carboxylic acids is 1. The molecule has 0 aliphatic carbocycles. The predicted octanol–water partition coefficient (Wildman–Crippen LogP) is 2.42. The molecule has 0 spiro atoms. The van der Waals surface area contributed by atoms with Gasteiger partial charge in [0.15, 0.2) is 0 Å². The number of hydrogen-bond acceptors (Lipinski definition) is 3. The molecule has 0 aliphatic rings. The summed E-state index contributed by atoms with van der Waals surface area (Å²) in [4.78, 5) is 22.9. The third kappa shape index (κ3) is 3.70. The highest BCUT2D eigenvalue weighted by Gasteiger charge is 2.12. The van der Waals surface area contributed by atoms with E-state index < -0.39 is 11.9 Å². The van der Waals surface area contributed by atoms with Crippen molar-refractivity contribution in [2.75, 3.05) is 5.32 Å². The molecule has 0 radical (unpaired) electrons. The maximum atomic E-state index is 11.8. The highest BCUT2D eigenvalue weighted by Crippen LogP contribution is 2.20. The molecular weight excluding hydrogens is 294 g/mol. The molecule has 6 nitrogen and oxygen atoms in total. The molecule has 21 heavy (non-hydrogen) atoms. The quantitative estimate of drug-likeness (QED) is 0.850. The molecule has 0 unspecified atom stereocenters. The van der Waals surface area contributed by atoms with Gasteiger partial charge in [0.05, 0.1) is 16.9 Å². The Hall–Kier alpha value is -2.60. The fraction of sp³-hybridized carbons (Fsp3) is 0.0714. The van der Waals surface area contributed by atoms with E-state index in [1.54, 1.807) is 30.1 Å². The van der Waals surface area contributed by atoms with Crippen molar-refractivity contribution in [3.63, 3.8) is 0 Å². The minimum absolute atomic E-state index is 0.0650. The van der Waals surface area contributed by atoms with E-state index in [1.165, 1.54) is 24.3 Å². The Morgan fingerprint density at radius 3 is 2.76 bits per heavy atom. The summed E-state index contributed by atoms with van der Waals surface area (Å²) in [5.41, 5.74) is 0.871. The highest BCUT2D eigenvalue weighted by atomic mass is 35.5. The first-order chi connectivity index (χ1) is 9.97. The van der Waals surface area contributed by atoms with Crippen LogP contribution in [0.25, 0.3) is 6.08 Å². The Balaban J connectivity index is 2.15. The van der Waals surface area contributed by atoms with Crippen LogP contribution >= 0.6 is 11.6 Å². The molecule has 108 valence electrons. The minimum Gasteiger partial charge on any atom is -0.478 e. The van der Waals surface area contributed by atoms with E-state index in [0.29, 0.717) is 0 Å². The van der Waals surface area contributed by atoms with Gasteiger partial charge in [-0.15, -0.1) is 0 Å². The number of aromatic nitrogens is 2. The number of rotatable bonds is 4. The molecule has 1 amide bonds. The minimum atomic E-state index is -1.16. The van der Waals surface area contributed by atoms with Gasteiger partial charge in [0.2, 0.25) is 5.91 Å². The van der Waals surface area contributed by atoms with Crippen LogP contribution in [0.2, 0.25) is 5.02 Å². The average Bonchev–Trinajstić information content (AvgIpc) is 2.84. The standard InChI is InChI=1S/C14H12ClN3O3/c1-18-10(6-7-16-18)3-5-13(19)17-12-4-2-9(15)8-11(12)14(20)21/h2-8H,1H3,(H,17,19)(H,20,21)/b5-3+. The summed E-state index contributed by atoms with van der Waals surface area (Å²) >= 11 is 5.74. The lowest BCUT2D eigenvalue weighted by molar-refractivity contribution is -0.111. The third-order valence-electron chi connectivity index (χ3n) is 2.73. The molecule has 0 atom stereocenters. The van der Waals surface area contributed by atoms with E-state index in [2.05, 4.69) is 10.4 Å². The molecule has 2 N–H and O–H groups in total. The van der Waals surface area contributed by atoms with Gasteiger partial charge in [-0.2, -0.15) is 5.10 Å². The summed E-state index contributed by atoms with van der Waals surface area (Å²) in [5.74, 6) is -1.61. The topological polar surface area (TPSA) is 84.2 Å². The molecule has 1 heterocycles. The molecule has 1 aromatic carbocycles. The lowest BCUT2D eigenvalue weighted by Gasteiger charge is -2.06. The number of anilines is 1. The molecule has 0 bridgehead atoms. The lowest BCUT2D eigenvalue weighted by Crippen LogP contribution is -2.12. The number of nitrogens with one attached hydrogen (secondary N) is 1. The number of aromatic carboxylic acids is 1. The summed E-state index contributed by atoms with van der Waals surface area (Å²) in [6, 6.07) is 5.98. The van der Waals surface area contributed by atoms with Crippen molar-refractivity contribution in [2.45, 2.75) is 0 Å². The van der Waals surface area contributed by atoms with E-state index in [0.717, 1.165) is 5.69 Å². The second-order valence-corrected chi connectivity index (χ2v) is 4.63. The van der Waals surface area contributed by atoms with E-state index >= 15 is 0 Å². The van der Waals surface area contributed by atoms with Crippen LogP contribution in [-0.2, 0) is 11.8 Å². The summed E-state index contributed by atoms with van der Waals surface area (Å²) in [6.45, 7) is 0. The normalized spacial score (nSPS) is 10.8. The van der Waals surface area contributed by atoms with Crippen LogP contribution in [0.5, 0.6) is 0 Å². The van der Waals surface area contributed by atoms with Gasteiger partial charge in [0.1, 0.15) is 0 Å². The van der Waals surface area contributed by atoms with Gasteiger partial charge >= 0.3 is 5.97 Å². The SMILES string of the molecule is Cn1nccc1/C=C/C(=O)Nc1ccc(Cl)cc1C(=O)O. The van der Waals surface area contributed by atoms with Gasteiger partial charge < -0.3 is 10.4 Å². The van der Waals surface area contributed by atoms with E-state index in [1.807, 2.05) is 0 Å².